The molecule has 0 saturated heterocycles. The molecule has 2 N–H and O–H groups in total. The minimum Gasteiger partial charge on any atom is -0.395 e. The maximum absolute atomic E-state index is 9.03. The lowest BCUT2D eigenvalue weighted by atomic mass is 10.0. The van der Waals surface area contributed by atoms with E-state index in [4.69, 9.17) is 5.11 Å². The first-order valence-electron chi connectivity index (χ1n) is 5.97. The topological polar surface area (TPSA) is 32.3 Å². The summed E-state index contributed by atoms with van der Waals surface area (Å²) in [5.74, 6) is 0.807. The Bertz CT molecular complexity index is 121. The van der Waals surface area contributed by atoms with Crippen LogP contribution in [-0.2, 0) is 0 Å². The van der Waals surface area contributed by atoms with Crippen molar-refractivity contribution in [2.45, 2.75) is 65.5 Å². The number of nitrogens with one attached hydrogen (secondary N) is 1. The van der Waals surface area contributed by atoms with Crippen LogP contribution >= 0.6 is 0 Å². The maximum Gasteiger partial charge on any atom is 0.0584 e. The monoisotopic (exact) mass is 201 g/mol. The van der Waals surface area contributed by atoms with Gasteiger partial charge in [0.25, 0.3) is 0 Å². The summed E-state index contributed by atoms with van der Waals surface area (Å²) in [7, 11) is 0. The number of hydrogen-bond acceptors (Lipinski definition) is 2. The zero-order chi connectivity index (χ0) is 11.0. The van der Waals surface area contributed by atoms with Crippen molar-refractivity contribution in [3.05, 3.63) is 0 Å². The molecule has 0 aliphatic heterocycles. The van der Waals surface area contributed by atoms with Crippen LogP contribution < -0.4 is 5.32 Å². The molecule has 0 aliphatic carbocycles. The molecule has 0 spiro atoms. The molecule has 14 heavy (non-hydrogen) atoms. The van der Waals surface area contributed by atoms with Gasteiger partial charge in [0.05, 0.1) is 6.61 Å². The molecule has 0 fully saturated rings. The second-order valence-corrected chi connectivity index (χ2v) is 4.68. The van der Waals surface area contributed by atoms with Crippen LogP contribution in [0.4, 0.5) is 0 Å². The van der Waals surface area contributed by atoms with Crippen molar-refractivity contribution in [1.29, 1.82) is 0 Å². The van der Waals surface area contributed by atoms with Gasteiger partial charge >= 0.3 is 0 Å². The standard InChI is InChI=1S/C12H27NO/c1-5-12(9-14)13-11(4)8-6-7-10(2)3/h10-14H,5-9H2,1-4H3. The van der Waals surface area contributed by atoms with Crippen LogP contribution in [0.15, 0.2) is 0 Å². The highest BCUT2D eigenvalue weighted by Crippen LogP contribution is 2.08. The Balaban J connectivity index is 3.48. The van der Waals surface area contributed by atoms with Gasteiger partial charge in [-0.2, -0.15) is 0 Å². The van der Waals surface area contributed by atoms with Gasteiger partial charge in [0.1, 0.15) is 0 Å². The van der Waals surface area contributed by atoms with Crippen LogP contribution in [0, 0.1) is 5.92 Å². The van der Waals surface area contributed by atoms with Crippen LogP contribution in [0.1, 0.15) is 53.4 Å². The average molecular weight is 201 g/mol. The number of hydrogen-bond donors (Lipinski definition) is 2. The molecular weight excluding hydrogens is 174 g/mol. The minimum atomic E-state index is 0.255. The number of aliphatic hydroxyl groups excluding tert-OH is 1. The zero-order valence-corrected chi connectivity index (χ0v) is 10.2. The Labute approximate surface area is 89.1 Å². The second-order valence-electron chi connectivity index (χ2n) is 4.68. The summed E-state index contributed by atoms with van der Waals surface area (Å²) in [5.41, 5.74) is 0. The predicted octanol–water partition coefficient (Wildman–Crippen LogP) is 2.56. The number of rotatable bonds is 8. The summed E-state index contributed by atoms with van der Waals surface area (Å²) in [4.78, 5) is 0. The van der Waals surface area contributed by atoms with Crippen molar-refractivity contribution in [3.63, 3.8) is 0 Å². The molecule has 0 amide bonds. The SMILES string of the molecule is CCC(CO)NC(C)CCCC(C)C. The van der Waals surface area contributed by atoms with Crippen LogP contribution in [0.5, 0.6) is 0 Å². The Kier molecular flexibility index (Phi) is 8.20. The molecule has 0 heterocycles. The molecule has 0 aliphatic rings. The highest BCUT2D eigenvalue weighted by Gasteiger charge is 2.08. The summed E-state index contributed by atoms with van der Waals surface area (Å²) in [6.45, 7) is 9.10. The molecule has 0 saturated carbocycles. The molecule has 0 aromatic heterocycles. The third-order valence-electron chi connectivity index (χ3n) is 2.65. The van der Waals surface area contributed by atoms with E-state index in [1.165, 1.54) is 19.3 Å². The molecular formula is C12H27NO. The molecule has 86 valence electrons. The Hall–Kier alpha value is -0.0800. The normalized spacial score (nSPS) is 15.9. The Morgan fingerprint density at radius 3 is 2.21 bits per heavy atom. The van der Waals surface area contributed by atoms with E-state index in [0.717, 1.165) is 12.3 Å². The summed E-state index contributed by atoms with van der Waals surface area (Å²) in [5, 5.41) is 12.5. The third-order valence-corrected chi connectivity index (χ3v) is 2.65. The van der Waals surface area contributed by atoms with E-state index in [9.17, 15) is 0 Å². The van der Waals surface area contributed by atoms with E-state index in [0.29, 0.717) is 6.04 Å². The van der Waals surface area contributed by atoms with Gasteiger partial charge in [-0.3, -0.25) is 0 Å². The quantitative estimate of drug-likeness (QED) is 0.632. The van der Waals surface area contributed by atoms with E-state index in [1.54, 1.807) is 0 Å². The first kappa shape index (κ1) is 13.9. The van der Waals surface area contributed by atoms with E-state index in [-0.39, 0.29) is 12.6 Å². The summed E-state index contributed by atoms with van der Waals surface area (Å²) in [6.07, 6.45) is 4.81. The van der Waals surface area contributed by atoms with Crippen LogP contribution in [0.2, 0.25) is 0 Å². The lowest BCUT2D eigenvalue weighted by Gasteiger charge is -2.20. The summed E-state index contributed by atoms with van der Waals surface area (Å²) < 4.78 is 0. The lowest BCUT2D eigenvalue weighted by molar-refractivity contribution is 0.226. The first-order chi connectivity index (χ1) is 6.60. The van der Waals surface area contributed by atoms with Crippen LogP contribution in [-0.4, -0.2) is 23.8 Å². The highest BCUT2D eigenvalue weighted by atomic mass is 16.3. The van der Waals surface area contributed by atoms with Gasteiger partial charge in [-0.15, -0.1) is 0 Å². The summed E-state index contributed by atoms with van der Waals surface area (Å²) >= 11 is 0. The van der Waals surface area contributed by atoms with Crippen molar-refractivity contribution < 1.29 is 5.11 Å². The van der Waals surface area contributed by atoms with Crippen molar-refractivity contribution in [2.24, 2.45) is 5.92 Å². The predicted molar refractivity (Wildman–Crippen MR) is 62.5 cm³/mol. The first-order valence-corrected chi connectivity index (χ1v) is 5.97. The van der Waals surface area contributed by atoms with Crippen molar-refractivity contribution >= 4 is 0 Å². The van der Waals surface area contributed by atoms with Crippen LogP contribution in [0.25, 0.3) is 0 Å². The van der Waals surface area contributed by atoms with Gasteiger partial charge in [-0.1, -0.05) is 33.6 Å². The minimum absolute atomic E-state index is 0.255. The molecule has 2 nitrogen and oxygen atoms in total. The number of aliphatic hydroxyl groups is 1. The van der Waals surface area contributed by atoms with Gasteiger partial charge in [0, 0.05) is 12.1 Å². The van der Waals surface area contributed by atoms with E-state index in [1.807, 2.05) is 0 Å². The van der Waals surface area contributed by atoms with Crippen molar-refractivity contribution in [3.8, 4) is 0 Å². The molecule has 0 bridgehead atoms. The molecule has 0 radical (unpaired) electrons. The fourth-order valence-electron chi connectivity index (χ4n) is 1.62. The molecule has 0 aromatic carbocycles. The Morgan fingerprint density at radius 1 is 1.14 bits per heavy atom. The van der Waals surface area contributed by atoms with Crippen molar-refractivity contribution in [1.82, 2.24) is 5.32 Å². The molecule has 0 rings (SSSR count). The highest BCUT2D eigenvalue weighted by molar-refractivity contribution is 4.69. The van der Waals surface area contributed by atoms with Gasteiger partial charge in [-0.25, -0.2) is 0 Å². The van der Waals surface area contributed by atoms with E-state index < -0.39 is 0 Å². The van der Waals surface area contributed by atoms with Gasteiger partial charge in [0.2, 0.25) is 0 Å². The lowest BCUT2D eigenvalue weighted by Crippen LogP contribution is -2.38. The molecule has 2 atom stereocenters. The molecule has 2 heteroatoms. The summed E-state index contributed by atoms with van der Waals surface area (Å²) in [6, 6.07) is 0.815. The van der Waals surface area contributed by atoms with E-state index in [2.05, 4.69) is 33.0 Å². The second kappa shape index (κ2) is 8.25. The zero-order valence-electron chi connectivity index (χ0n) is 10.2. The van der Waals surface area contributed by atoms with E-state index >= 15 is 0 Å². The molecule has 2 unspecified atom stereocenters. The van der Waals surface area contributed by atoms with Gasteiger partial charge < -0.3 is 10.4 Å². The van der Waals surface area contributed by atoms with Crippen LogP contribution in [0.3, 0.4) is 0 Å². The maximum atomic E-state index is 9.03. The smallest absolute Gasteiger partial charge is 0.0584 e. The third kappa shape index (κ3) is 7.34. The average Bonchev–Trinajstić information content (AvgIpc) is 2.13. The van der Waals surface area contributed by atoms with Gasteiger partial charge in [0.15, 0.2) is 0 Å². The largest absolute Gasteiger partial charge is 0.395 e. The Morgan fingerprint density at radius 2 is 1.79 bits per heavy atom. The fourth-order valence-corrected chi connectivity index (χ4v) is 1.62. The van der Waals surface area contributed by atoms with Gasteiger partial charge in [-0.05, 0) is 25.7 Å². The molecule has 0 aromatic rings. The fraction of sp³-hybridized carbons (Fsp3) is 1.00. The van der Waals surface area contributed by atoms with Crippen molar-refractivity contribution in [2.75, 3.05) is 6.61 Å².